The molecule has 0 saturated heterocycles. The van der Waals surface area contributed by atoms with Gasteiger partial charge in [-0.2, -0.15) is 4.98 Å². The minimum atomic E-state index is 0.528. The molecule has 0 fully saturated rings. The molecule has 122 valence electrons. The number of rotatable bonds is 5. The topological polar surface area (TPSA) is 59.1 Å². The summed E-state index contributed by atoms with van der Waals surface area (Å²) in [4.78, 5) is 8.95. The van der Waals surface area contributed by atoms with Gasteiger partial charge in [-0.15, -0.1) is 0 Å². The van der Waals surface area contributed by atoms with Crippen LogP contribution in [0.2, 0.25) is 0 Å². The number of benzene rings is 2. The summed E-state index contributed by atoms with van der Waals surface area (Å²) in [6.07, 6.45) is 0. The van der Waals surface area contributed by atoms with Crippen LogP contribution < -0.4 is 15.4 Å². The van der Waals surface area contributed by atoms with Crippen LogP contribution in [-0.2, 0) is 0 Å². The van der Waals surface area contributed by atoms with E-state index in [1.165, 1.54) is 0 Å². The molecule has 0 spiro atoms. The van der Waals surface area contributed by atoms with E-state index >= 15 is 0 Å². The molecule has 1 heterocycles. The van der Waals surface area contributed by atoms with Crippen LogP contribution in [0.15, 0.2) is 59.1 Å². The molecule has 0 amide bonds. The lowest BCUT2D eigenvalue weighted by molar-refractivity contribution is 0.415. The number of hydrogen-bond acceptors (Lipinski definition) is 5. The summed E-state index contributed by atoms with van der Waals surface area (Å²) in [5.74, 6) is 2.03. The van der Waals surface area contributed by atoms with E-state index in [0.29, 0.717) is 5.95 Å². The van der Waals surface area contributed by atoms with Crippen molar-refractivity contribution in [1.29, 1.82) is 0 Å². The highest BCUT2D eigenvalue weighted by Gasteiger charge is 2.05. The molecule has 0 aliphatic rings. The molecular weight excluding hydrogens is 368 g/mol. The van der Waals surface area contributed by atoms with Crippen LogP contribution in [0.5, 0.6) is 5.75 Å². The molecule has 0 aliphatic heterocycles. The molecule has 3 aromatic rings. The number of aromatic nitrogens is 2. The molecule has 3 rings (SSSR count). The molecule has 0 atom stereocenters. The van der Waals surface area contributed by atoms with Gasteiger partial charge in [0.2, 0.25) is 5.95 Å². The highest BCUT2D eigenvalue weighted by Crippen LogP contribution is 2.23. The van der Waals surface area contributed by atoms with Crippen LogP contribution >= 0.6 is 15.9 Å². The number of nitrogens with zero attached hydrogens (tertiary/aromatic N) is 2. The third-order valence-electron chi connectivity index (χ3n) is 3.28. The first-order chi connectivity index (χ1) is 11.6. The molecule has 2 N–H and O–H groups in total. The second-order valence-corrected chi connectivity index (χ2v) is 6.13. The van der Waals surface area contributed by atoms with Gasteiger partial charge in [-0.3, -0.25) is 0 Å². The lowest BCUT2D eigenvalue weighted by atomic mass is 10.3. The van der Waals surface area contributed by atoms with Crippen LogP contribution in [0.3, 0.4) is 0 Å². The van der Waals surface area contributed by atoms with Gasteiger partial charge in [-0.1, -0.05) is 28.1 Å². The average molecular weight is 385 g/mol. The molecular formula is C18H17BrN4O. The fraction of sp³-hybridized carbons (Fsp3) is 0.111. The standard InChI is InChI=1S/C18H17BrN4O/c1-12-9-17(21-14-6-3-5-13(19)10-14)23-18(20-12)22-15-7-4-8-16(11-15)24-2/h3-11H,1-2H3,(H2,20,21,22,23). The molecule has 0 saturated carbocycles. The average Bonchev–Trinajstić information content (AvgIpc) is 2.54. The second kappa shape index (κ2) is 7.31. The maximum Gasteiger partial charge on any atom is 0.229 e. The largest absolute Gasteiger partial charge is 0.497 e. The first-order valence-corrected chi connectivity index (χ1v) is 8.21. The van der Waals surface area contributed by atoms with E-state index in [0.717, 1.165) is 33.1 Å². The normalized spacial score (nSPS) is 10.3. The third-order valence-corrected chi connectivity index (χ3v) is 3.77. The van der Waals surface area contributed by atoms with E-state index in [-0.39, 0.29) is 0 Å². The number of anilines is 4. The Kier molecular flexibility index (Phi) is 4.96. The summed E-state index contributed by atoms with van der Waals surface area (Å²) in [5.41, 5.74) is 2.69. The Bertz CT molecular complexity index is 854. The van der Waals surface area contributed by atoms with Gasteiger partial charge in [0.1, 0.15) is 11.6 Å². The monoisotopic (exact) mass is 384 g/mol. The maximum absolute atomic E-state index is 5.23. The van der Waals surface area contributed by atoms with E-state index in [1.807, 2.05) is 61.5 Å². The fourth-order valence-electron chi connectivity index (χ4n) is 2.23. The lowest BCUT2D eigenvalue weighted by Gasteiger charge is -2.11. The van der Waals surface area contributed by atoms with Crippen molar-refractivity contribution in [3.8, 4) is 5.75 Å². The lowest BCUT2D eigenvalue weighted by Crippen LogP contribution is -2.02. The number of hydrogen-bond donors (Lipinski definition) is 2. The van der Waals surface area contributed by atoms with Gasteiger partial charge < -0.3 is 15.4 Å². The van der Waals surface area contributed by atoms with Crippen LogP contribution in [-0.4, -0.2) is 17.1 Å². The Hall–Kier alpha value is -2.60. The number of methoxy groups -OCH3 is 1. The Morgan fingerprint density at radius 1 is 0.917 bits per heavy atom. The van der Waals surface area contributed by atoms with Crippen molar-refractivity contribution in [3.63, 3.8) is 0 Å². The van der Waals surface area contributed by atoms with Crippen molar-refractivity contribution in [2.75, 3.05) is 17.7 Å². The summed E-state index contributed by atoms with van der Waals surface area (Å²) in [5, 5.41) is 6.49. The maximum atomic E-state index is 5.23. The van der Waals surface area contributed by atoms with Gasteiger partial charge in [0.05, 0.1) is 7.11 Å². The van der Waals surface area contributed by atoms with Gasteiger partial charge in [-0.05, 0) is 37.3 Å². The summed E-state index contributed by atoms with van der Waals surface area (Å²) >= 11 is 3.47. The zero-order chi connectivity index (χ0) is 16.9. The van der Waals surface area contributed by atoms with Gasteiger partial charge in [0.15, 0.2) is 0 Å². The minimum absolute atomic E-state index is 0.528. The van der Waals surface area contributed by atoms with E-state index in [2.05, 4.69) is 36.5 Å². The smallest absolute Gasteiger partial charge is 0.229 e. The Morgan fingerprint density at radius 3 is 2.42 bits per heavy atom. The number of halogens is 1. The number of aryl methyl sites for hydroxylation is 1. The fourth-order valence-corrected chi connectivity index (χ4v) is 2.63. The summed E-state index contributed by atoms with van der Waals surface area (Å²) in [6.45, 7) is 1.94. The van der Waals surface area contributed by atoms with Crippen molar-refractivity contribution in [2.45, 2.75) is 6.92 Å². The Labute approximate surface area is 149 Å². The van der Waals surface area contributed by atoms with Gasteiger partial charge in [0, 0.05) is 33.7 Å². The van der Waals surface area contributed by atoms with E-state index < -0.39 is 0 Å². The quantitative estimate of drug-likeness (QED) is 0.644. The number of nitrogens with one attached hydrogen (secondary N) is 2. The molecule has 1 aromatic heterocycles. The van der Waals surface area contributed by atoms with Gasteiger partial charge >= 0.3 is 0 Å². The van der Waals surface area contributed by atoms with Crippen LogP contribution in [0.25, 0.3) is 0 Å². The minimum Gasteiger partial charge on any atom is -0.497 e. The highest BCUT2D eigenvalue weighted by atomic mass is 79.9. The predicted molar refractivity (Wildman–Crippen MR) is 100 cm³/mol. The predicted octanol–water partition coefficient (Wildman–Crippen LogP) is 5.04. The van der Waals surface area contributed by atoms with E-state index in [1.54, 1.807) is 7.11 Å². The molecule has 0 bridgehead atoms. The van der Waals surface area contributed by atoms with Crippen molar-refractivity contribution < 1.29 is 4.74 Å². The molecule has 2 aromatic carbocycles. The molecule has 5 nitrogen and oxygen atoms in total. The Morgan fingerprint density at radius 2 is 1.67 bits per heavy atom. The first-order valence-electron chi connectivity index (χ1n) is 7.42. The summed E-state index contributed by atoms with van der Waals surface area (Å²) in [7, 11) is 1.64. The third kappa shape index (κ3) is 4.23. The first kappa shape index (κ1) is 16.3. The second-order valence-electron chi connectivity index (χ2n) is 5.21. The van der Waals surface area contributed by atoms with Crippen molar-refractivity contribution in [2.24, 2.45) is 0 Å². The highest BCUT2D eigenvalue weighted by molar-refractivity contribution is 9.10. The van der Waals surface area contributed by atoms with Crippen molar-refractivity contribution >= 4 is 39.1 Å². The Balaban J connectivity index is 1.83. The van der Waals surface area contributed by atoms with Gasteiger partial charge in [0.25, 0.3) is 0 Å². The summed E-state index contributed by atoms with van der Waals surface area (Å²) in [6, 6.07) is 17.5. The van der Waals surface area contributed by atoms with Crippen LogP contribution in [0, 0.1) is 6.92 Å². The van der Waals surface area contributed by atoms with Crippen LogP contribution in [0.4, 0.5) is 23.1 Å². The van der Waals surface area contributed by atoms with E-state index in [4.69, 9.17) is 4.74 Å². The van der Waals surface area contributed by atoms with Crippen LogP contribution in [0.1, 0.15) is 5.69 Å². The molecule has 0 aliphatic carbocycles. The van der Waals surface area contributed by atoms with Gasteiger partial charge in [-0.25, -0.2) is 4.98 Å². The number of ether oxygens (including phenoxy) is 1. The zero-order valence-corrected chi connectivity index (χ0v) is 15.0. The molecule has 0 unspecified atom stereocenters. The SMILES string of the molecule is COc1cccc(Nc2nc(C)cc(Nc3cccc(Br)c3)n2)c1. The van der Waals surface area contributed by atoms with Crippen molar-refractivity contribution in [3.05, 3.63) is 64.8 Å². The van der Waals surface area contributed by atoms with Crippen molar-refractivity contribution in [1.82, 2.24) is 9.97 Å². The zero-order valence-electron chi connectivity index (χ0n) is 13.4. The molecule has 6 heteroatoms. The molecule has 0 radical (unpaired) electrons. The summed E-state index contributed by atoms with van der Waals surface area (Å²) < 4.78 is 6.24. The van der Waals surface area contributed by atoms with E-state index in [9.17, 15) is 0 Å². The molecule has 24 heavy (non-hydrogen) atoms.